The molecule has 1 aliphatic heterocycles. The number of carbonyl (C=O) groups is 2. The number of aliphatic hydroxyl groups is 4. The number of unbranched alkanes of at least 4 members (excludes halogenated alkanes) is 17. The smallest absolute Gasteiger partial charge is 0.306 e. The van der Waals surface area contributed by atoms with Crippen LogP contribution in [-0.4, -0.2) is 89.0 Å². The Bertz CT molecular complexity index is 789. The number of carbonyl (C=O) groups excluding carboxylic acids is 2. The van der Waals surface area contributed by atoms with E-state index in [2.05, 4.69) is 26.0 Å². The van der Waals surface area contributed by atoms with Crippen LogP contribution < -0.4 is 0 Å². The van der Waals surface area contributed by atoms with Crippen LogP contribution in [0, 0.1) is 0 Å². The van der Waals surface area contributed by atoms with Crippen LogP contribution >= 0.6 is 0 Å². The van der Waals surface area contributed by atoms with Gasteiger partial charge in [0.1, 0.15) is 31.0 Å². The van der Waals surface area contributed by atoms with Crippen molar-refractivity contribution in [3.8, 4) is 0 Å². The Balaban J connectivity index is 2.41. The van der Waals surface area contributed by atoms with Crippen molar-refractivity contribution in [1.82, 2.24) is 0 Å². The van der Waals surface area contributed by atoms with Gasteiger partial charge in [0, 0.05) is 12.8 Å². The normalized spacial score (nSPS) is 22.0. The first-order valence-corrected chi connectivity index (χ1v) is 18.8. The van der Waals surface area contributed by atoms with Gasteiger partial charge in [-0.1, -0.05) is 116 Å². The molecule has 276 valence electrons. The molecular weight excluding hydrogens is 604 g/mol. The Morgan fingerprint density at radius 1 is 0.638 bits per heavy atom. The van der Waals surface area contributed by atoms with Crippen LogP contribution in [0.15, 0.2) is 12.2 Å². The number of ether oxygens (including phenoxy) is 4. The Kier molecular flexibility index (Phi) is 27.2. The van der Waals surface area contributed by atoms with E-state index in [4.69, 9.17) is 18.9 Å². The van der Waals surface area contributed by atoms with Crippen molar-refractivity contribution in [1.29, 1.82) is 0 Å². The second kappa shape index (κ2) is 29.4. The lowest BCUT2D eigenvalue weighted by Gasteiger charge is -2.39. The maximum atomic E-state index is 12.6. The summed E-state index contributed by atoms with van der Waals surface area (Å²) in [4.78, 5) is 25.1. The van der Waals surface area contributed by atoms with Gasteiger partial charge in [-0.15, -0.1) is 0 Å². The van der Waals surface area contributed by atoms with Crippen molar-refractivity contribution >= 4 is 11.9 Å². The molecule has 0 spiro atoms. The van der Waals surface area contributed by atoms with Crippen molar-refractivity contribution in [2.24, 2.45) is 0 Å². The van der Waals surface area contributed by atoms with E-state index in [0.717, 1.165) is 44.9 Å². The van der Waals surface area contributed by atoms with Crippen LogP contribution in [0.25, 0.3) is 0 Å². The zero-order valence-electron chi connectivity index (χ0n) is 29.5. The van der Waals surface area contributed by atoms with Crippen LogP contribution in [0.2, 0.25) is 0 Å². The molecule has 4 N–H and O–H groups in total. The first kappa shape index (κ1) is 43.5. The maximum absolute atomic E-state index is 12.6. The van der Waals surface area contributed by atoms with E-state index in [-0.39, 0.29) is 26.1 Å². The highest BCUT2D eigenvalue weighted by Gasteiger charge is 2.44. The van der Waals surface area contributed by atoms with Gasteiger partial charge in [-0.3, -0.25) is 9.59 Å². The summed E-state index contributed by atoms with van der Waals surface area (Å²) in [6.07, 6.45) is 19.5. The fourth-order valence-corrected chi connectivity index (χ4v) is 5.59. The zero-order chi connectivity index (χ0) is 34.5. The fraction of sp³-hybridized carbons (Fsp3) is 0.892. The lowest BCUT2D eigenvalue weighted by molar-refractivity contribution is -0.305. The van der Waals surface area contributed by atoms with Crippen LogP contribution in [-0.2, 0) is 28.5 Å². The Morgan fingerprint density at radius 3 is 1.68 bits per heavy atom. The summed E-state index contributed by atoms with van der Waals surface area (Å²) >= 11 is 0. The van der Waals surface area contributed by atoms with E-state index in [1.54, 1.807) is 0 Å². The SMILES string of the molecule is CCCCCCCC/C=C/CCCCCC(=O)OC[C@@H](CO[C@H]1O[C@@H](CO)[C@@H](O)C(O)C1O)OC(=O)CCCCCCCCCCC. The first-order chi connectivity index (χ1) is 22.8. The predicted molar refractivity (Wildman–Crippen MR) is 183 cm³/mol. The van der Waals surface area contributed by atoms with Gasteiger partial charge in [-0.25, -0.2) is 0 Å². The molecule has 2 unspecified atom stereocenters. The quantitative estimate of drug-likeness (QED) is 0.0381. The number of aliphatic hydroxyl groups excluding tert-OH is 4. The van der Waals surface area contributed by atoms with Gasteiger partial charge in [0.25, 0.3) is 0 Å². The Morgan fingerprint density at radius 2 is 1.13 bits per heavy atom. The van der Waals surface area contributed by atoms with Gasteiger partial charge in [-0.2, -0.15) is 0 Å². The van der Waals surface area contributed by atoms with Crippen LogP contribution in [0.5, 0.6) is 0 Å². The summed E-state index contributed by atoms with van der Waals surface area (Å²) in [5, 5.41) is 39.8. The minimum atomic E-state index is -1.59. The van der Waals surface area contributed by atoms with Crippen LogP contribution in [0.1, 0.15) is 155 Å². The van der Waals surface area contributed by atoms with E-state index >= 15 is 0 Å². The summed E-state index contributed by atoms with van der Waals surface area (Å²) in [7, 11) is 0. The summed E-state index contributed by atoms with van der Waals surface area (Å²) in [5.41, 5.74) is 0. The molecular formula is C37H68O10. The van der Waals surface area contributed by atoms with E-state index in [0.29, 0.717) is 12.8 Å². The average molecular weight is 673 g/mol. The lowest BCUT2D eigenvalue weighted by Crippen LogP contribution is -2.59. The highest BCUT2D eigenvalue weighted by molar-refractivity contribution is 5.70. The molecule has 1 fully saturated rings. The third-order valence-electron chi connectivity index (χ3n) is 8.65. The Hall–Kier alpha value is -1.56. The Labute approximate surface area is 284 Å². The van der Waals surface area contributed by atoms with E-state index in [1.807, 2.05) is 0 Å². The molecule has 47 heavy (non-hydrogen) atoms. The van der Waals surface area contributed by atoms with Crippen molar-refractivity contribution in [3.63, 3.8) is 0 Å². The summed E-state index contributed by atoms with van der Waals surface area (Å²) in [5.74, 6) is -0.826. The zero-order valence-corrected chi connectivity index (χ0v) is 29.5. The number of hydrogen-bond donors (Lipinski definition) is 4. The number of esters is 2. The molecule has 0 amide bonds. The number of allylic oxidation sites excluding steroid dienone is 2. The van der Waals surface area contributed by atoms with E-state index < -0.39 is 55.4 Å². The molecule has 0 aliphatic carbocycles. The van der Waals surface area contributed by atoms with Gasteiger partial charge in [0.15, 0.2) is 12.4 Å². The molecule has 1 aliphatic rings. The van der Waals surface area contributed by atoms with Crippen molar-refractivity contribution in [2.75, 3.05) is 19.8 Å². The highest BCUT2D eigenvalue weighted by atomic mass is 16.7. The van der Waals surface area contributed by atoms with Gasteiger partial charge in [-0.05, 0) is 38.5 Å². The molecule has 0 aromatic rings. The largest absolute Gasteiger partial charge is 0.462 e. The molecule has 10 heteroatoms. The molecule has 0 saturated carbocycles. The minimum absolute atomic E-state index is 0.221. The molecule has 6 atom stereocenters. The summed E-state index contributed by atoms with van der Waals surface area (Å²) in [6.45, 7) is 3.35. The van der Waals surface area contributed by atoms with Crippen molar-refractivity contribution < 1.29 is 49.0 Å². The van der Waals surface area contributed by atoms with Crippen molar-refractivity contribution in [2.45, 2.75) is 192 Å². The molecule has 0 bridgehead atoms. The fourth-order valence-electron chi connectivity index (χ4n) is 5.59. The summed E-state index contributed by atoms with van der Waals surface area (Å²) < 4.78 is 22.0. The number of rotatable bonds is 30. The van der Waals surface area contributed by atoms with Crippen LogP contribution in [0.3, 0.4) is 0 Å². The maximum Gasteiger partial charge on any atom is 0.306 e. The minimum Gasteiger partial charge on any atom is -0.462 e. The first-order valence-electron chi connectivity index (χ1n) is 18.8. The molecule has 10 nitrogen and oxygen atoms in total. The van der Waals surface area contributed by atoms with Gasteiger partial charge in [0.05, 0.1) is 13.2 Å². The van der Waals surface area contributed by atoms with Gasteiger partial charge in [0.2, 0.25) is 0 Å². The topological polar surface area (TPSA) is 152 Å². The molecule has 1 rings (SSSR count). The highest BCUT2D eigenvalue weighted by Crippen LogP contribution is 2.22. The van der Waals surface area contributed by atoms with Crippen LogP contribution in [0.4, 0.5) is 0 Å². The second-order valence-electron chi connectivity index (χ2n) is 13.0. The standard InChI is InChI=1S/C37H68O10/c1-3-5-7-9-11-13-14-15-16-18-19-21-23-25-32(39)44-28-30(29-45-37-36(43)35(42)34(41)31(27-38)47-37)46-33(40)26-24-22-20-17-12-10-8-6-4-2/h15-16,30-31,34-38,41-43H,3-14,17-29H2,1-2H3/b16-15+/t30-,31-,34+,35?,36?,37-/m0/s1. The number of hydrogen-bond acceptors (Lipinski definition) is 10. The monoisotopic (exact) mass is 672 g/mol. The van der Waals surface area contributed by atoms with Crippen molar-refractivity contribution in [3.05, 3.63) is 12.2 Å². The molecule has 0 radical (unpaired) electrons. The van der Waals surface area contributed by atoms with Gasteiger partial charge >= 0.3 is 11.9 Å². The second-order valence-corrected chi connectivity index (χ2v) is 13.0. The van der Waals surface area contributed by atoms with E-state index in [1.165, 1.54) is 70.6 Å². The van der Waals surface area contributed by atoms with E-state index in [9.17, 15) is 30.0 Å². The molecule has 0 aromatic carbocycles. The molecule has 1 saturated heterocycles. The average Bonchev–Trinajstić information content (AvgIpc) is 3.06. The van der Waals surface area contributed by atoms with Gasteiger partial charge < -0.3 is 39.4 Å². The third kappa shape index (κ3) is 21.9. The predicted octanol–water partition coefficient (Wildman–Crippen LogP) is 6.44. The summed E-state index contributed by atoms with van der Waals surface area (Å²) in [6, 6.07) is 0. The lowest BCUT2D eigenvalue weighted by atomic mass is 9.99. The molecule has 0 aromatic heterocycles. The molecule has 1 heterocycles. The third-order valence-corrected chi connectivity index (χ3v) is 8.65.